The second-order valence-electron chi connectivity index (χ2n) is 5.58. The summed E-state index contributed by atoms with van der Waals surface area (Å²) in [6.45, 7) is 0. The zero-order valence-electron chi connectivity index (χ0n) is 11.5. The van der Waals surface area contributed by atoms with Crippen molar-refractivity contribution >= 4 is 6.08 Å². The lowest BCUT2D eigenvalue weighted by Crippen LogP contribution is -1.99. The molecule has 0 atom stereocenters. The molecule has 0 aliphatic heterocycles. The lowest BCUT2D eigenvalue weighted by molar-refractivity contribution is 0.445. The van der Waals surface area contributed by atoms with Gasteiger partial charge in [-0.15, -0.1) is 0 Å². The van der Waals surface area contributed by atoms with Crippen LogP contribution < -0.4 is 0 Å². The number of hydrogen-bond acceptors (Lipinski definition) is 0. The van der Waals surface area contributed by atoms with E-state index in [1.54, 1.807) is 0 Å². The Labute approximate surface area is 112 Å². The van der Waals surface area contributed by atoms with Gasteiger partial charge in [-0.2, -0.15) is 0 Å². The van der Waals surface area contributed by atoms with Crippen molar-refractivity contribution in [2.75, 3.05) is 0 Å². The molecule has 0 N–H and O–H groups in total. The molecule has 0 nitrogen and oxygen atoms in total. The average molecular weight is 242 g/mol. The van der Waals surface area contributed by atoms with Gasteiger partial charge in [0.15, 0.2) is 0 Å². The number of rotatable bonds is 2. The monoisotopic (exact) mass is 242 g/mol. The Hall–Kier alpha value is -1.04. The zero-order valence-corrected chi connectivity index (χ0v) is 11.5. The molecule has 0 saturated heterocycles. The summed E-state index contributed by atoms with van der Waals surface area (Å²) in [5.41, 5.74) is 1.34. The van der Waals surface area contributed by atoms with Gasteiger partial charge in [0.25, 0.3) is 0 Å². The Kier molecular flexibility index (Phi) is 6.05. The molecule has 0 bridgehead atoms. The van der Waals surface area contributed by atoms with E-state index in [-0.39, 0.29) is 0 Å². The minimum Gasteiger partial charge on any atom is -0.0808 e. The Balaban J connectivity index is 1.86. The largest absolute Gasteiger partial charge is 0.0808 e. The van der Waals surface area contributed by atoms with Crippen LogP contribution in [0.2, 0.25) is 0 Å². The summed E-state index contributed by atoms with van der Waals surface area (Å²) in [4.78, 5) is 0. The van der Waals surface area contributed by atoms with Crippen LogP contribution in [0.5, 0.6) is 0 Å². The van der Waals surface area contributed by atoms with E-state index in [4.69, 9.17) is 0 Å². The van der Waals surface area contributed by atoms with Crippen molar-refractivity contribution in [3.8, 4) is 0 Å². The highest BCUT2D eigenvalue weighted by Crippen LogP contribution is 2.23. The highest BCUT2D eigenvalue weighted by molar-refractivity contribution is 5.48. The molecule has 1 saturated carbocycles. The van der Waals surface area contributed by atoms with Crippen LogP contribution in [0.3, 0.4) is 0 Å². The van der Waals surface area contributed by atoms with Crippen molar-refractivity contribution in [2.45, 2.75) is 57.8 Å². The standard InChI is InChI=1S/C18H26/c1-2-4-7-11-17(12-8-5-3-1)15-16-18-13-9-6-10-14-18/h6,9-10,13-17H,1-5,7-8,11-12H2/b16-15+. The third-order valence-electron chi connectivity index (χ3n) is 4.01. The zero-order chi connectivity index (χ0) is 12.5. The van der Waals surface area contributed by atoms with E-state index in [1.165, 1.54) is 63.4 Å². The van der Waals surface area contributed by atoms with Crippen LogP contribution in [0, 0.1) is 5.92 Å². The molecule has 98 valence electrons. The second-order valence-corrected chi connectivity index (χ2v) is 5.58. The summed E-state index contributed by atoms with van der Waals surface area (Å²) in [7, 11) is 0. The fraction of sp³-hybridized carbons (Fsp3) is 0.556. The molecule has 1 aliphatic carbocycles. The highest BCUT2D eigenvalue weighted by atomic mass is 14.1. The first kappa shape index (κ1) is 13.4. The number of hydrogen-bond donors (Lipinski definition) is 0. The lowest BCUT2D eigenvalue weighted by Gasteiger charge is -2.14. The quantitative estimate of drug-likeness (QED) is 0.611. The average Bonchev–Trinajstić information content (AvgIpc) is 2.44. The van der Waals surface area contributed by atoms with Crippen molar-refractivity contribution in [2.24, 2.45) is 5.92 Å². The summed E-state index contributed by atoms with van der Waals surface area (Å²) in [6, 6.07) is 10.7. The van der Waals surface area contributed by atoms with Crippen LogP contribution >= 0.6 is 0 Å². The molecule has 0 spiro atoms. The van der Waals surface area contributed by atoms with Gasteiger partial charge >= 0.3 is 0 Å². The summed E-state index contributed by atoms with van der Waals surface area (Å²) in [6.07, 6.45) is 17.6. The van der Waals surface area contributed by atoms with Crippen molar-refractivity contribution in [1.82, 2.24) is 0 Å². The van der Waals surface area contributed by atoms with Gasteiger partial charge in [0, 0.05) is 0 Å². The third kappa shape index (κ3) is 5.08. The van der Waals surface area contributed by atoms with E-state index in [2.05, 4.69) is 42.5 Å². The molecule has 0 radical (unpaired) electrons. The molecule has 1 aromatic carbocycles. The highest BCUT2D eigenvalue weighted by Gasteiger charge is 2.06. The van der Waals surface area contributed by atoms with E-state index < -0.39 is 0 Å². The Morgan fingerprint density at radius 2 is 1.28 bits per heavy atom. The van der Waals surface area contributed by atoms with Crippen LogP contribution in [0.1, 0.15) is 63.4 Å². The first-order chi connectivity index (χ1) is 8.95. The van der Waals surface area contributed by atoms with Gasteiger partial charge in [-0.25, -0.2) is 0 Å². The van der Waals surface area contributed by atoms with E-state index in [0.717, 1.165) is 5.92 Å². The SMILES string of the molecule is C(=C\C1CCCCCCCCC1)/c1ccccc1. The third-order valence-corrected chi connectivity index (χ3v) is 4.01. The predicted octanol–water partition coefficient (Wildman–Crippen LogP) is 5.84. The van der Waals surface area contributed by atoms with Gasteiger partial charge in [-0.05, 0) is 24.3 Å². The molecule has 0 heterocycles. The minimum absolute atomic E-state index is 0.809. The van der Waals surface area contributed by atoms with Crippen LogP contribution in [0.25, 0.3) is 6.08 Å². The second kappa shape index (κ2) is 8.13. The predicted molar refractivity (Wildman–Crippen MR) is 80.5 cm³/mol. The van der Waals surface area contributed by atoms with Gasteiger partial charge in [0.05, 0.1) is 0 Å². The summed E-state index contributed by atoms with van der Waals surface area (Å²) in [5, 5.41) is 0. The number of allylic oxidation sites excluding steroid dienone is 1. The van der Waals surface area contributed by atoms with Gasteiger partial charge < -0.3 is 0 Å². The Morgan fingerprint density at radius 1 is 0.722 bits per heavy atom. The van der Waals surface area contributed by atoms with Gasteiger partial charge in [0.2, 0.25) is 0 Å². The molecule has 0 aromatic heterocycles. The molecular formula is C18H26. The van der Waals surface area contributed by atoms with Crippen molar-refractivity contribution in [1.29, 1.82) is 0 Å². The first-order valence-electron chi connectivity index (χ1n) is 7.68. The van der Waals surface area contributed by atoms with E-state index in [0.29, 0.717) is 0 Å². The molecule has 0 unspecified atom stereocenters. The van der Waals surface area contributed by atoms with Crippen molar-refractivity contribution in [3.05, 3.63) is 42.0 Å². The molecule has 0 amide bonds. The molecule has 18 heavy (non-hydrogen) atoms. The van der Waals surface area contributed by atoms with Crippen LogP contribution in [-0.4, -0.2) is 0 Å². The topological polar surface area (TPSA) is 0 Å². The fourth-order valence-electron chi connectivity index (χ4n) is 2.85. The van der Waals surface area contributed by atoms with E-state index in [9.17, 15) is 0 Å². The Morgan fingerprint density at radius 3 is 1.89 bits per heavy atom. The van der Waals surface area contributed by atoms with E-state index >= 15 is 0 Å². The van der Waals surface area contributed by atoms with E-state index in [1.807, 2.05) is 0 Å². The molecule has 2 rings (SSSR count). The summed E-state index contributed by atoms with van der Waals surface area (Å²) >= 11 is 0. The lowest BCUT2D eigenvalue weighted by atomic mass is 9.91. The molecule has 0 heteroatoms. The first-order valence-corrected chi connectivity index (χ1v) is 7.68. The molecular weight excluding hydrogens is 216 g/mol. The van der Waals surface area contributed by atoms with Gasteiger partial charge in [-0.3, -0.25) is 0 Å². The fourth-order valence-corrected chi connectivity index (χ4v) is 2.85. The van der Waals surface area contributed by atoms with Gasteiger partial charge in [0.1, 0.15) is 0 Å². The van der Waals surface area contributed by atoms with Crippen LogP contribution in [0.15, 0.2) is 36.4 Å². The molecule has 1 aliphatic rings. The van der Waals surface area contributed by atoms with Crippen LogP contribution in [0.4, 0.5) is 0 Å². The van der Waals surface area contributed by atoms with Crippen molar-refractivity contribution < 1.29 is 0 Å². The minimum atomic E-state index is 0.809. The van der Waals surface area contributed by atoms with Crippen molar-refractivity contribution in [3.63, 3.8) is 0 Å². The summed E-state index contributed by atoms with van der Waals surface area (Å²) in [5.74, 6) is 0.809. The van der Waals surface area contributed by atoms with Gasteiger partial charge in [-0.1, -0.05) is 87.4 Å². The summed E-state index contributed by atoms with van der Waals surface area (Å²) < 4.78 is 0. The Bertz CT molecular complexity index is 326. The van der Waals surface area contributed by atoms with Crippen LogP contribution in [-0.2, 0) is 0 Å². The maximum Gasteiger partial charge on any atom is -0.0230 e. The smallest absolute Gasteiger partial charge is 0.0230 e. The number of benzene rings is 1. The molecule has 1 aromatic rings. The maximum atomic E-state index is 2.46. The maximum absolute atomic E-state index is 2.46. The normalized spacial score (nSPS) is 20.0. The molecule has 1 fully saturated rings.